The van der Waals surface area contributed by atoms with Crippen LogP contribution in [0.5, 0.6) is 11.5 Å². The van der Waals surface area contributed by atoms with E-state index in [1.165, 1.54) is 10.1 Å². The second-order valence-corrected chi connectivity index (χ2v) is 10.3. The fraction of sp³-hybridized carbons (Fsp3) is 0.0606. The summed E-state index contributed by atoms with van der Waals surface area (Å²) in [6.07, 6.45) is 1.64. The molecule has 7 heteroatoms. The highest BCUT2D eigenvalue weighted by Gasteiger charge is 2.14. The van der Waals surface area contributed by atoms with Crippen molar-refractivity contribution in [3.63, 3.8) is 0 Å². The molecule has 196 valence electrons. The molecule has 0 aliphatic heterocycles. The van der Waals surface area contributed by atoms with E-state index in [0.717, 1.165) is 25.6 Å². The quantitative estimate of drug-likeness (QED) is 0.136. The number of nitrogens with zero attached hydrogens (tertiary/aromatic N) is 3. The van der Waals surface area contributed by atoms with Crippen LogP contribution in [0, 0.1) is 3.57 Å². The lowest BCUT2D eigenvalue weighted by Gasteiger charge is -2.15. The van der Waals surface area contributed by atoms with Gasteiger partial charge in [-0.2, -0.15) is 9.78 Å². The third-order valence-corrected chi connectivity index (χ3v) is 7.41. The van der Waals surface area contributed by atoms with Gasteiger partial charge in [0.1, 0.15) is 6.61 Å². The Balaban J connectivity index is 1.35. The summed E-state index contributed by atoms with van der Waals surface area (Å²) < 4.78 is 14.2. The number of benzene rings is 5. The van der Waals surface area contributed by atoms with Crippen molar-refractivity contribution < 1.29 is 9.47 Å². The third-order valence-electron chi connectivity index (χ3n) is 6.61. The van der Waals surface area contributed by atoms with Gasteiger partial charge >= 0.3 is 0 Å². The average molecular weight is 637 g/mol. The molecular weight excluding hydrogens is 613 g/mol. The third kappa shape index (κ3) is 5.08. The molecule has 1 aromatic heterocycles. The summed E-state index contributed by atoms with van der Waals surface area (Å²) in [5.74, 6) is 1.71. The number of hydrogen-bond acceptors (Lipinski definition) is 5. The van der Waals surface area contributed by atoms with Crippen LogP contribution in [0.4, 0.5) is 0 Å². The summed E-state index contributed by atoms with van der Waals surface area (Å²) in [6.45, 7) is 0.403. The number of methoxy groups -OCH3 is 1. The molecule has 0 saturated heterocycles. The molecule has 6 aromatic rings. The Hall–Kier alpha value is -4.50. The van der Waals surface area contributed by atoms with E-state index >= 15 is 0 Å². The summed E-state index contributed by atoms with van der Waals surface area (Å²) >= 11 is 2.24. The van der Waals surface area contributed by atoms with Gasteiger partial charge in [-0.25, -0.2) is 4.98 Å². The first-order valence-electron chi connectivity index (χ1n) is 12.7. The Morgan fingerprint density at radius 3 is 2.42 bits per heavy atom. The van der Waals surface area contributed by atoms with Gasteiger partial charge in [-0.05, 0) is 68.8 Å². The molecule has 0 spiro atoms. The van der Waals surface area contributed by atoms with Gasteiger partial charge in [0.25, 0.3) is 5.56 Å². The van der Waals surface area contributed by atoms with Gasteiger partial charge in [-0.3, -0.25) is 4.79 Å². The van der Waals surface area contributed by atoms with Gasteiger partial charge in [0.15, 0.2) is 17.3 Å². The van der Waals surface area contributed by atoms with Crippen LogP contribution < -0.4 is 15.0 Å². The van der Waals surface area contributed by atoms with Crippen molar-refractivity contribution in [3.8, 4) is 22.9 Å². The molecule has 0 bridgehead atoms. The second kappa shape index (κ2) is 11.3. The van der Waals surface area contributed by atoms with E-state index in [1.54, 1.807) is 19.4 Å². The molecule has 1 heterocycles. The summed E-state index contributed by atoms with van der Waals surface area (Å²) in [4.78, 5) is 18.2. The maximum absolute atomic E-state index is 13.5. The Morgan fingerprint density at radius 2 is 1.60 bits per heavy atom. The molecule has 0 amide bonds. The SMILES string of the molecule is COc1cc(C=Nn2c(-c3ccccc3)nc3ccccc3c2=O)cc(I)c1OCc1cccc2ccccc12. The lowest BCUT2D eigenvalue weighted by molar-refractivity contribution is 0.283. The van der Waals surface area contributed by atoms with E-state index in [9.17, 15) is 4.79 Å². The molecule has 0 aliphatic carbocycles. The van der Waals surface area contributed by atoms with Crippen molar-refractivity contribution in [3.05, 3.63) is 134 Å². The Bertz CT molecular complexity index is 1930. The zero-order valence-electron chi connectivity index (χ0n) is 21.6. The number of hydrogen-bond donors (Lipinski definition) is 0. The molecule has 0 unspecified atom stereocenters. The van der Waals surface area contributed by atoms with Crippen molar-refractivity contribution in [1.82, 2.24) is 9.66 Å². The first kappa shape index (κ1) is 25.8. The van der Waals surface area contributed by atoms with Crippen LogP contribution in [0.1, 0.15) is 11.1 Å². The summed E-state index contributed by atoms with van der Waals surface area (Å²) in [5.41, 5.74) is 3.04. The second-order valence-electron chi connectivity index (χ2n) is 9.14. The fourth-order valence-electron chi connectivity index (χ4n) is 4.65. The monoisotopic (exact) mass is 637 g/mol. The van der Waals surface area contributed by atoms with Gasteiger partial charge in [0.05, 0.1) is 27.8 Å². The van der Waals surface area contributed by atoms with Gasteiger partial charge in [-0.15, -0.1) is 0 Å². The molecule has 6 rings (SSSR count). The van der Waals surface area contributed by atoms with Crippen LogP contribution in [0.2, 0.25) is 0 Å². The van der Waals surface area contributed by atoms with E-state index in [1.807, 2.05) is 78.9 Å². The Kier molecular flexibility index (Phi) is 7.29. The zero-order valence-corrected chi connectivity index (χ0v) is 23.8. The predicted molar refractivity (Wildman–Crippen MR) is 168 cm³/mol. The summed E-state index contributed by atoms with van der Waals surface area (Å²) in [6, 6.07) is 35.1. The molecule has 6 nitrogen and oxygen atoms in total. The Morgan fingerprint density at radius 1 is 0.875 bits per heavy atom. The molecule has 0 fully saturated rings. The van der Waals surface area contributed by atoms with Crippen LogP contribution in [-0.2, 0) is 6.61 Å². The van der Waals surface area contributed by atoms with E-state index in [0.29, 0.717) is 34.8 Å². The van der Waals surface area contributed by atoms with Crippen molar-refractivity contribution in [1.29, 1.82) is 0 Å². The molecule has 40 heavy (non-hydrogen) atoms. The van der Waals surface area contributed by atoms with E-state index < -0.39 is 0 Å². The highest BCUT2D eigenvalue weighted by Crippen LogP contribution is 2.35. The number of rotatable bonds is 7. The minimum atomic E-state index is -0.239. The van der Waals surface area contributed by atoms with E-state index in [4.69, 9.17) is 14.5 Å². The first-order chi connectivity index (χ1) is 19.6. The first-order valence-corrected chi connectivity index (χ1v) is 13.8. The van der Waals surface area contributed by atoms with Gasteiger partial charge in [0, 0.05) is 5.56 Å². The minimum absolute atomic E-state index is 0.239. The number of halogens is 1. The zero-order chi connectivity index (χ0) is 27.5. The largest absolute Gasteiger partial charge is 0.493 e. The molecule has 5 aromatic carbocycles. The molecule has 0 atom stereocenters. The van der Waals surface area contributed by atoms with Crippen molar-refractivity contribution in [2.24, 2.45) is 5.10 Å². The molecule has 0 saturated carbocycles. The van der Waals surface area contributed by atoms with Crippen LogP contribution in [0.25, 0.3) is 33.1 Å². The maximum atomic E-state index is 13.5. The minimum Gasteiger partial charge on any atom is -0.493 e. The highest BCUT2D eigenvalue weighted by molar-refractivity contribution is 14.1. The van der Waals surface area contributed by atoms with Crippen LogP contribution >= 0.6 is 22.6 Å². The molecule has 0 radical (unpaired) electrons. The topological polar surface area (TPSA) is 65.7 Å². The highest BCUT2D eigenvalue weighted by atomic mass is 127. The summed E-state index contributed by atoms with van der Waals surface area (Å²) in [7, 11) is 1.61. The van der Waals surface area contributed by atoms with Gasteiger partial charge in [0.2, 0.25) is 0 Å². The molecule has 0 aliphatic rings. The number of ether oxygens (including phenoxy) is 2. The van der Waals surface area contributed by atoms with Crippen molar-refractivity contribution in [2.75, 3.05) is 7.11 Å². The van der Waals surface area contributed by atoms with Gasteiger partial charge in [-0.1, -0.05) is 84.9 Å². The van der Waals surface area contributed by atoms with E-state index in [-0.39, 0.29) is 5.56 Å². The number of aromatic nitrogens is 2. The van der Waals surface area contributed by atoms with E-state index in [2.05, 4.69) is 52.0 Å². The normalized spacial score (nSPS) is 11.3. The van der Waals surface area contributed by atoms with Crippen molar-refractivity contribution in [2.45, 2.75) is 6.61 Å². The Labute approximate surface area is 244 Å². The predicted octanol–water partition coefficient (Wildman–Crippen LogP) is 7.29. The van der Waals surface area contributed by atoms with Crippen LogP contribution in [0.15, 0.2) is 119 Å². The fourth-order valence-corrected chi connectivity index (χ4v) is 5.43. The standard InChI is InChI=1S/C33H24IN3O3/c1-39-30-19-22(18-28(34)31(30)40-21-25-14-9-13-23-10-5-6-15-26(23)25)20-35-37-32(24-11-3-2-4-12-24)36-29-17-8-7-16-27(29)33(37)38/h2-20H,21H2,1H3. The molecule has 0 N–H and O–H groups in total. The number of para-hydroxylation sites is 1. The van der Waals surface area contributed by atoms with Crippen LogP contribution in [-0.4, -0.2) is 23.0 Å². The van der Waals surface area contributed by atoms with Crippen LogP contribution in [0.3, 0.4) is 0 Å². The van der Waals surface area contributed by atoms with Gasteiger partial charge < -0.3 is 9.47 Å². The smallest absolute Gasteiger partial charge is 0.282 e. The lowest BCUT2D eigenvalue weighted by atomic mass is 10.1. The number of fused-ring (bicyclic) bond motifs is 2. The maximum Gasteiger partial charge on any atom is 0.282 e. The molecular formula is C33H24IN3O3. The van der Waals surface area contributed by atoms with Crippen molar-refractivity contribution >= 4 is 50.5 Å². The summed E-state index contributed by atoms with van der Waals surface area (Å²) in [5, 5.41) is 7.43. The average Bonchev–Trinajstić information content (AvgIpc) is 3.00. The lowest BCUT2D eigenvalue weighted by Crippen LogP contribution is -2.20.